The van der Waals surface area contributed by atoms with Crippen LogP contribution >= 0.6 is 33.9 Å². The van der Waals surface area contributed by atoms with Crippen LogP contribution in [0.15, 0.2) is 29.6 Å². The van der Waals surface area contributed by atoms with Crippen molar-refractivity contribution in [2.75, 3.05) is 5.32 Å². The number of hydrogen-bond acceptors (Lipinski definition) is 2. The summed E-state index contributed by atoms with van der Waals surface area (Å²) >= 11 is 3.62. The monoisotopic (exact) mass is 361 g/mol. The van der Waals surface area contributed by atoms with Gasteiger partial charge in [0, 0.05) is 5.38 Å². The van der Waals surface area contributed by atoms with Gasteiger partial charge >= 0.3 is 0 Å². The topological polar surface area (TPSA) is 29.1 Å². The summed E-state index contributed by atoms with van der Waals surface area (Å²) in [6, 6.07) is 6.40. The first-order chi connectivity index (χ1) is 8.06. The molecule has 1 aromatic heterocycles. The third-order valence-electron chi connectivity index (χ3n) is 2.20. The Morgan fingerprint density at radius 3 is 2.82 bits per heavy atom. The van der Waals surface area contributed by atoms with Gasteiger partial charge in [0.25, 0.3) is 5.91 Å². The highest BCUT2D eigenvalue weighted by molar-refractivity contribution is 14.1. The number of aryl methyl sites for hydroxylation is 1. The van der Waals surface area contributed by atoms with Crippen LogP contribution in [0.1, 0.15) is 15.9 Å². The van der Waals surface area contributed by atoms with Crippen molar-refractivity contribution in [3.8, 4) is 0 Å². The molecular formula is C12H9FINOS. The maximum Gasteiger partial charge on any atom is 0.256 e. The average molecular weight is 361 g/mol. The van der Waals surface area contributed by atoms with Crippen LogP contribution in [-0.4, -0.2) is 5.91 Å². The molecule has 0 saturated carbocycles. The first kappa shape index (κ1) is 12.5. The summed E-state index contributed by atoms with van der Waals surface area (Å²) in [6.45, 7) is 1.85. The predicted octanol–water partition coefficient (Wildman–Crippen LogP) is 4.05. The predicted molar refractivity (Wildman–Crippen MR) is 76.1 cm³/mol. The molecule has 1 aromatic carbocycles. The largest absolute Gasteiger partial charge is 0.319 e. The Labute approximate surface area is 116 Å². The Hall–Kier alpha value is -0.950. The third-order valence-corrected chi connectivity index (χ3v) is 3.99. The second kappa shape index (κ2) is 5.14. The molecular weight excluding hydrogens is 352 g/mol. The first-order valence-electron chi connectivity index (χ1n) is 4.88. The molecule has 0 spiro atoms. The molecule has 2 aromatic rings. The molecule has 0 aliphatic rings. The molecule has 88 valence electrons. The van der Waals surface area contributed by atoms with E-state index < -0.39 is 5.82 Å². The van der Waals surface area contributed by atoms with Crippen molar-refractivity contribution in [3.05, 3.63) is 49.5 Å². The number of anilines is 1. The fraction of sp³-hybridized carbons (Fsp3) is 0.0833. The minimum Gasteiger partial charge on any atom is -0.319 e. The van der Waals surface area contributed by atoms with Gasteiger partial charge in [-0.05, 0) is 53.3 Å². The normalized spacial score (nSPS) is 10.3. The third kappa shape index (κ3) is 3.04. The quantitative estimate of drug-likeness (QED) is 0.804. The van der Waals surface area contributed by atoms with E-state index in [1.807, 2.05) is 6.92 Å². The van der Waals surface area contributed by atoms with Crippen molar-refractivity contribution in [1.82, 2.24) is 0 Å². The highest BCUT2D eigenvalue weighted by atomic mass is 127. The van der Waals surface area contributed by atoms with Gasteiger partial charge in [-0.15, -0.1) is 11.3 Å². The fourth-order valence-electron chi connectivity index (χ4n) is 1.36. The van der Waals surface area contributed by atoms with Crippen LogP contribution in [0.4, 0.5) is 10.1 Å². The molecule has 0 atom stereocenters. The molecule has 5 heteroatoms. The molecule has 0 aliphatic carbocycles. The number of benzene rings is 1. The minimum atomic E-state index is -0.422. The number of rotatable bonds is 2. The number of hydrogen-bond donors (Lipinski definition) is 1. The summed E-state index contributed by atoms with van der Waals surface area (Å²) in [5.74, 6) is -0.706. The van der Waals surface area contributed by atoms with Crippen LogP contribution in [0.5, 0.6) is 0 Å². The lowest BCUT2D eigenvalue weighted by molar-refractivity contribution is 0.102. The zero-order chi connectivity index (χ0) is 12.4. The molecule has 17 heavy (non-hydrogen) atoms. The van der Waals surface area contributed by atoms with E-state index in [-0.39, 0.29) is 11.6 Å². The van der Waals surface area contributed by atoms with Crippen molar-refractivity contribution < 1.29 is 9.18 Å². The Bertz CT molecular complexity index is 567. The van der Waals surface area contributed by atoms with Crippen LogP contribution in [0.25, 0.3) is 0 Å². The summed E-state index contributed by atoms with van der Waals surface area (Å²) in [5.41, 5.74) is 1.68. The molecule has 2 nitrogen and oxygen atoms in total. The Morgan fingerprint density at radius 2 is 2.18 bits per heavy atom. The van der Waals surface area contributed by atoms with Crippen LogP contribution in [-0.2, 0) is 0 Å². The van der Waals surface area contributed by atoms with Crippen LogP contribution < -0.4 is 5.32 Å². The summed E-state index contributed by atoms with van der Waals surface area (Å²) in [5, 5.41) is 4.32. The lowest BCUT2D eigenvalue weighted by Crippen LogP contribution is -2.12. The van der Waals surface area contributed by atoms with Gasteiger partial charge in [-0.3, -0.25) is 4.79 Å². The van der Waals surface area contributed by atoms with E-state index in [0.29, 0.717) is 5.56 Å². The summed E-state index contributed by atoms with van der Waals surface area (Å²) in [6.07, 6.45) is 0. The number of halogens is 2. The fourth-order valence-corrected chi connectivity index (χ4v) is 2.69. The molecule has 0 fully saturated rings. The average Bonchev–Trinajstić information content (AvgIpc) is 2.70. The highest BCUT2D eigenvalue weighted by Crippen LogP contribution is 2.20. The van der Waals surface area contributed by atoms with E-state index >= 15 is 0 Å². The lowest BCUT2D eigenvalue weighted by atomic mass is 10.2. The molecule has 1 amide bonds. The molecule has 0 bridgehead atoms. The smallest absolute Gasteiger partial charge is 0.256 e. The zero-order valence-electron chi connectivity index (χ0n) is 8.96. The first-order valence-corrected chi connectivity index (χ1v) is 6.83. The Kier molecular flexibility index (Phi) is 3.78. The Balaban J connectivity index is 2.21. The molecule has 1 heterocycles. The summed E-state index contributed by atoms with van der Waals surface area (Å²) in [4.78, 5) is 11.8. The molecule has 0 radical (unpaired) electrons. The maximum absolute atomic E-state index is 13.4. The lowest BCUT2D eigenvalue weighted by Gasteiger charge is -2.06. The summed E-state index contributed by atoms with van der Waals surface area (Å²) in [7, 11) is 0. The highest BCUT2D eigenvalue weighted by Gasteiger charge is 2.10. The van der Waals surface area contributed by atoms with Gasteiger partial charge in [-0.2, -0.15) is 0 Å². The van der Waals surface area contributed by atoms with Gasteiger partial charge in [0.05, 0.1) is 14.1 Å². The van der Waals surface area contributed by atoms with Crippen LogP contribution in [0.2, 0.25) is 0 Å². The van der Waals surface area contributed by atoms with Crippen molar-refractivity contribution in [2.24, 2.45) is 0 Å². The van der Waals surface area contributed by atoms with Gasteiger partial charge in [0.15, 0.2) is 0 Å². The maximum atomic E-state index is 13.4. The number of amides is 1. The van der Waals surface area contributed by atoms with E-state index in [1.165, 1.54) is 17.4 Å². The molecule has 0 aliphatic heterocycles. The zero-order valence-corrected chi connectivity index (χ0v) is 11.9. The van der Waals surface area contributed by atoms with E-state index in [4.69, 9.17) is 0 Å². The van der Waals surface area contributed by atoms with Crippen LogP contribution in [0.3, 0.4) is 0 Å². The second-order valence-corrected chi connectivity index (χ2v) is 6.38. The molecule has 2 rings (SSSR count). The number of nitrogens with one attached hydrogen (secondary N) is 1. The standard InChI is InChI=1S/C12H9FINOS/c1-7-2-3-9(13)10(4-7)15-12(16)8-5-11(14)17-6-8/h2-6H,1H3,(H,15,16). The van der Waals surface area contributed by atoms with Crippen molar-refractivity contribution in [3.63, 3.8) is 0 Å². The Morgan fingerprint density at radius 1 is 1.41 bits per heavy atom. The van der Waals surface area contributed by atoms with Crippen molar-refractivity contribution in [1.29, 1.82) is 0 Å². The van der Waals surface area contributed by atoms with Gasteiger partial charge in [-0.1, -0.05) is 6.07 Å². The number of carbonyl (C=O) groups is 1. The molecule has 0 saturated heterocycles. The van der Waals surface area contributed by atoms with Gasteiger partial charge < -0.3 is 5.32 Å². The van der Waals surface area contributed by atoms with E-state index in [2.05, 4.69) is 27.9 Å². The second-order valence-electron chi connectivity index (χ2n) is 3.58. The molecule has 0 unspecified atom stereocenters. The van der Waals surface area contributed by atoms with Gasteiger partial charge in [0.2, 0.25) is 0 Å². The number of thiophene rings is 1. The van der Waals surface area contributed by atoms with E-state index in [9.17, 15) is 9.18 Å². The molecule has 1 N–H and O–H groups in total. The number of carbonyl (C=O) groups excluding carboxylic acids is 1. The van der Waals surface area contributed by atoms with Gasteiger partial charge in [0.1, 0.15) is 5.82 Å². The SMILES string of the molecule is Cc1ccc(F)c(NC(=O)c2csc(I)c2)c1. The minimum absolute atomic E-state index is 0.219. The van der Waals surface area contributed by atoms with Gasteiger partial charge in [-0.25, -0.2) is 4.39 Å². The van der Waals surface area contributed by atoms with E-state index in [1.54, 1.807) is 23.6 Å². The van der Waals surface area contributed by atoms with E-state index in [0.717, 1.165) is 8.45 Å². The van der Waals surface area contributed by atoms with Crippen molar-refractivity contribution in [2.45, 2.75) is 6.92 Å². The van der Waals surface area contributed by atoms with Crippen molar-refractivity contribution >= 4 is 45.5 Å². The summed E-state index contributed by atoms with van der Waals surface area (Å²) < 4.78 is 14.5. The van der Waals surface area contributed by atoms with Crippen LogP contribution in [0, 0.1) is 15.6 Å².